The van der Waals surface area contributed by atoms with Crippen LogP contribution in [0.3, 0.4) is 0 Å². The smallest absolute Gasteiger partial charge is 0.0312 e. The van der Waals surface area contributed by atoms with E-state index in [4.69, 9.17) is 0 Å². The van der Waals surface area contributed by atoms with E-state index >= 15 is 0 Å². The minimum Gasteiger partial charge on any atom is -0.310 e. The maximum Gasteiger partial charge on any atom is 0.0312 e. The Morgan fingerprint density at radius 3 is 2.48 bits per heavy atom. The summed E-state index contributed by atoms with van der Waals surface area (Å²) in [5.74, 6) is 0. The van der Waals surface area contributed by atoms with Crippen molar-refractivity contribution < 1.29 is 0 Å². The maximum absolute atomic E-state index is 4.16. The number of hydrogen-bond acceptors (Lipinski definition) is 3. The van der Waals surface area contributed by atoms with Gasteiger partial charge in [0.05, 0.1) is 0 Å². The Balaban J connectivity index is 1.41. The lowest BCUT2D eigenvalue weighted by Gasteiger charge is -2.32. The third kappa shape index (κ3) is 4.38. The number of hydrogen-bond donors (Lipinski definition) is 1. The summed E-state index contributed by atoms with van der Waals surface area (Å²) in [5, 5.41) is 3.66. The molecule has 2 heterocycles. The highest BCUT2D eigenvalue weighted by atomic mass is 15.1. The number of likely N-dealkylation sites (tertiary alicyclic amines) is 1. The molecular weight excluding hydrogens is 258 g/mol. The molecule has 1 aliphatic rings. The van der Waals surface area contributed by atoms with E-state index < -0.39 is 0 Å². The number of pyridine rings is 1. The minimum atomic E-state index is 0.636. The topological polar surface area (TPSA) is 28.2 Å². The van der Waals surface area contributed by atoms with Gasteiger partial charge >= 0.3 is 0 Å². The Morgan fingerprint density at radius 2 is 1.76 bits per heavy atom. The number of rotatable bonds is 5. The van der Waals surface area contributed by atoms with Crippen LogP contribution < -0.4 is 5.32 Å². The summed E-state index contributed by atoms with van der Waals surface area (Å²) in [5.41, 5.74) is 2.68. The molecule has 0 unspecified atom stereocenters. The van der Waals surface area contributed by atoms with Gasteiger partial charge in [-0.2, -0.15) is 0 Å². The fraction of sp³-hybridized carbons (Fsp3) is 0.389. The van der Waals surface area contributed by atoms with Crippen molar-refractivity contribution >= 4 is 0 Å². The van der Waals surface area contributed by atoms with E-state index in [-0.39, 0.29) is 0 Å². The second kappa shape index (κ2) is 7.34. The second-order valence-electron chi connectivity index (χ2n) is 5.78. The van der Waals surface area contributed by atoms with Crippen LogP contribution in [-0.2, 0) is 13.1 Å². The van der Waals surface area contributed by atoms with Gasteiger partial charge in [-0.05, 0) is 43.1 Å². The summed E-state index contributed by atoms with van der Waals surface area (Å²) in [4.78, 5) is 6.71. The van der Waals surface area contributed by atoms with Gasteiger partial charge in [-0.1, -0.05) is 36.4 Å². The molecule has 1 fully saturated rings. The largest absolute Gasteiger partial charge is 0.310 e. The van der Waals surface area contributed by atoms with Crippen LogP contribution in [-0.4, -0.2) is 29.0 Å². The van der Waals surface area contributed by atoms with Crippen molar-refractivity contribution in [2.75, 3.05) is 13.1 Å². The average Bonchev–Trinajstić information content (AvgIpc) is 2.56. The van der Waals surface area contributed by atoms with E-state index in [1.54, 1.807) is 0 Å². The summed E-state index contributed by atoms with van der Waals surface area (Å²) in [6.45, 7) is 4.37. The fourth-order valence-electron chi connectivity index (χ4n) is 2.90. The Kier molecular flexibility index (Phi) is 4.98. The van der Waals surface area contributed by atoms with Crippen molar-refractivity contribution in [1.82, 2.24) is 15.2 Å². The predicted molar refractivity (Wildman–Crippen MR) is 85.8 cm³/mol. The molecule has 3 heteroatoms. The van der Waals surface area contributed by atoms with Crippen LogP contribution >= 0.6 is 0 Å². The summed E-state index contributed by atoms with van der Waals surface area (Å²) in [6, 6.07) is 15.5. The zero-order valence-electron chi connectivity index (χ0n) is 12.4. The Morgan fingerprint density at radius 1 is 1.00 bits per heavy atom. The molecule has 21 heavy (non-hydrogen) atoms. The molecule has 1 aromatic carbocycles. The van der Waals surface area contributed by atoms with Gasteiger partial charge in [0.2, 0.25) is 0 Å². The first-order valence-electron chi connectivity index (χ1n) is 7.79. The van der Waals surface area contributed by atoms with E-state index in [2.05, 4.69) is 51.6 Å². The third-order valence-corrected chi connectivity index (χ3v) is 4.15. The van der Waals surface area contributed by atoms with Crippen LogP contribution in [0.25, 0.3) is 0 Å². The van der Waals surface area contributed by atoms with Gasteiger partial charge in [0.15, 0.2) is 0 Å². The van der Waals surface area contributed by atoms with Gasteiger partial charge in [0.25, 0.3) is 0 Å². The van der Waals surface area contributed by atoms with E-state index in [0.29, 0.717) is 6.04 Å². The van der Waals surface area contributed by atoms with Crippen molar-refractivity contribution in [1.29, 1.82) is 0 Å². The molecule has 1 aromatic heterocycles. The Labute approximate surface area is 127 Å². The van der Waals surface area contributed by atoms with Crippen LogP contribution in [0.5, 0.6) is 0 Å². The highest BCUT2D eigenvalue weighted by Crippen LogP contribution is 2.14. The van der Waals surface area contributed by atoms with E-state index in [9.17, 15) is 0 Å². The molecule has 0 amide bonds. The van der Waals surface area contributed by atoms with Gasteiger partial charge in [0.1, 0.15) is 0 Å². The van der Waals surface area contributed by atoms with Gasteiger partial charge in [-0.15, -0.1) is 0 Å². The second-order valence-corrected chi connectivity index (χ2v) is 5.78. The molecule has 3 rings (SSSR count). The summed E-state index contributed by atoms with van der Waals surface area (Å²) in [7, 11) is 0. The maximum atomic E-state index is 4.16. The van der Waals surface area contributed by atoms with Crippen LogP contribution in [0.4, 0.5) is 0 Å². The zero-order valence-corrected chi connectivity index (χ0v) is 12.4. The lowest BCUT2D eigenvalue weighted by atomic mass is 10.0. The molecule has 110 valence electrons. The van der Waals surface area contributed by atoms with Gasteiger partial charge < -0.3 is 5.32 Å². The first-order valence-corrected chi connectivity index (χ1v) is 7.79. The molecule has 3 nitrogen and oxygen atoms in total. The van der Waals surface area contributed by atoms with E-state index in [1.165, 1.54) is 37.1 Å². The predicted octanol–water partition coefficient (Wildman–Crippen LogP) is 2.84. The van der Waals surface area contributed by atoms with E-state index in [0.717, 1.165) is 13.1 Å². The molecule has 0 spiro atoms. The number of aromatic nitrogens is 1. The van der Waals surface area contributed by atoms with Crippen LogP contribution in [0.2, 0.25) is 0 Å². The molecular formula is C18H23N3. The number of piperidine rings is 1. The lowest BCUT2D eigenvalue weighted by molar-refractivity contribution is 0.190. The molecule has 0 bridgehead atoms. The number of benzene rings is 1. The van der Waals surface area contributed by atoms with Crippen molar-refractivity contribution in [2.24, 2.45) is 0 Å². The number of nitrogens with one attached hydrogen (secondary N) is 1. The van der Waals surface area contributed by atoms with Gasteiger partial charge in [0, 0.05) is 31.5 Å². The first-order chi connectivity index (χ1) is 10.4. The molecule has 2 aromatic rings. The van der Waals surface area contributed by atoms with Crippen LogP contribution in [0, 0.1) is 0 Å². The summed E-state index contributed by atoms with van der Waals surface area (Å²) < 4.78 is 0. The highest BCUT2D eigenvalue weighted by molar-refractivity contribution is 5.14. The molecule has 1 aliphatic heterocycles. The molecule has 0 atom stereocenters. The van der Waals surface area contributed by atoms with Crippen molar-refractivity contribution in [3.63, 3.8) is 0 Å². The molecule has 0 saturated carbocycles. The molecule has 0 aliphatic carbocycles. The Bertz CT molecular complexity index is 519. The normalized spacial score (nSPS) is 17.0. The van der Waals surface area contributed by atoms with Crippen LogP contribution in [0.15, 0.2) is 54.9 Å². The van der Waals surface area contributed by atoms with Gasteiger partial charge in [-0.3, -0.25) is 9.88 Å². The monoisotopic (exact) mass is 281 g/mol. The fourth-order valence-corrected chi connectivity index (χ4v) is 2.90. The van der Waals surface area contributed by atoms with Gasteiger partial charge in [-0.25, -0.2) is 0 Å². The lowest BCUT2D eigenvalue weighted by Crippen LogP contribution is -2.41. The third-order valence-electron chi connectivity index (χ3n) is 4.15. The number of nitrogens with zero attached hydrogens (tertiary/aromatic N) is 2. The SMILES string of the molecule is c1ccc(CN2CCC(NCc3cccnc3)CC2)cc1. The molecule has 0 radical (unpaired) electrons. The first kappa shape index (κ1) is 14.2. The molecule has 1 saturated heterocycles. The zero-order chi connectivity index (χ0) is 14.3. The highest BCUT2D eigenvalue weighted by Gasteiger charge is 2.18. The van der Waals surface area contributed by atoms with Crippen molar-refractivity contribution in [2.45, 2.75) is 32.0 Å². The van der Waals surface area contributed by atoms with Crippen LogP contribution in [0.1, 0.15) is 24.0 Å². The minimum absolute atomic E-state index is 0.636. The Hall–Kier alpha value is -1.71. The van der Waals surface area contributed by atoms with Crippen molar-refractivity contribution in [3.8, 4) is 0 Å². The molecule has 1 N–H and O–H groups in total. The quantitative estimate of drug-likeness (QED) is 0.913. The van der Waals surface area contributed by atoms with Crippen molar-refractivity contribution in [3.05, 3.63) is 66.0 Å². The standard InChI is InChI=1S/C18H23N3/c1-2-5-16(6-3-1)15-21-11-8-18(9-12-21)20-14-17-7-4-10-19-13-17/h1-7,10,13,18,20H,8-9,11-12,14-15H2. The van der Waals surface area contributed by atoms with E-state index in [1.807, 2.05) is 18.5 Å². The summed E-state index contributed by atoms with van der Waals surface area (Å²) in [6.07, 6.45) is 6.23. The summed E-state index contributed by atoms with van der Waals surface area (Å²) >= 11 is 0. The average molecular weight is 281 g/mol.